The van der Waals surface area contributed by atoms with E-state index in [4.69, 9.17) is 4.74 Å². The molecule has 4 heteroatoms. The fourth-order valence-electron chi connectivity index (χ4n) is 2.41. The monoisotopic (exact) mass is 367 g/mol. The Morgan fingerprint density at radius 3 is 2.67 bits per heavy atom. The minimum atomic E-state index is 0.437. The second kappa shape index (κ2) is 8.57. The first-order valence-electron chi connectivity index (χ1n) is 7.32. The van der Waals surface area contributed by atoms with Gasteiger partial charge < -0.3 is 10.1 Å². The van der Waals surface area contributed by atoms with Gasteiger partial charge in [0.05, 0.1) is 10.9 Å². The highest BCUT2D eigenvalue weighted by molar-refractivity contribution is 9.11. The van der Waals surface area contributed by atoms with E-state index < -0.39 is 0 Å². The van der Waals surface area contributed by atoms with Crippen molar-refractivity contribution in [1.29, 1.82) is 0 Å². The van der Waals surface area contributed by atoms with E-state index in [1.54, 1.807) is 7.11 Å². The molecule has 1 heterocycles. The number of thiophene rings is 1. The van der Waals surface area contributed by atoms with Gasteiger partial charge in [0.15, 0.2) is 0 Å². The average molecular weight is 368 g/mol. The summed E-state index contributed by atoms with van der Waals surface area (Å²) in [6.07, 6.45) is 3.18. The van der Waals surface area contributed by atoms with Crippen LogP contribution in [0.5, 0.6) is 5.75 Å². The summed E-state index contributed by atoms with van der Waals surface area (Å²) in [4.78, 5) is 1.41. The number of hydrogen-bond acceptors (Lipinski definition) is 3. The summed E-state index contributed by atoms with van der Waals surface area (Å²) in [5, 5.41) is 3.66. The molecule has 0 amide bonds. The lowest BCUT2D eigenvalue weighted by atomic mass is 10.0. The van der Waals surface area contributed by atoms with Crippen molar-refractivity contribution in [3.05, 3.63) is 50.6 Å². The Kier molecular flexibility index (Phi) is 6.74. The Balaban J connectivity index is 2.08. The van der Waals surface area contributed by atoms with E-state index >= 15 is 0 Å². The van der Waals surface area contributed by atoms with Crippen LogP contribution in [0.2, 0.25) is 0 Å². The molecule has 1 N–H and O–H groups in total. The van der Waals surface area contributed by atoms with Crippen LogP contribution >= 0.6 is 27.3 Å². The molecule has 1 aromatic heterocycles. The fraction of sp³-hybridized carbons (Fsp3) is 0.412. The van der Waals surface area contributed by atoms with Crippen molar-refractivity contribution in [3.8, 4) is 5.75 Å². The molecule has 21 heavy (non-hydrogen) atoms. The summed E-state index contributed by atoms with van der Waals surface area (Å²) >= 11 is 5.36. The van der Waals surface area contributed by atoms with Gasteiger partial charge >= 0.3 is 0 Å². The van der Waals surface area contributed by atoms with E-state index in [0.29, 0.717) is 6.04 Å². The molecule has 0 fully saturated rings. The number of nitrogens with one attached hydrogen (secondary N) is 1. The molecular weight excluding hydrogens is 346 g/mol. The first kappa shape index (κ1) is 16.5. The van der Waals surface area contributed by atoms with Crippen LogP contribution in [0.25, 0.3) is 0 Å². The normalized spacial score (nSPS) is 12.3. The molecule has 0 saturated heterocycles. The van der Waals surface area contributed by atoms with Gasteiger partial charge in [0.25, 0.3) is 0 Å². The number of hydrogen-bond donors (Lipinski definition) is 1. The average Bonchev–Trinajstić information content (AvgIpc) is 2.90. The molecule has 1 aromatic carbocycles. The summed E-state index contributed by atoms with van der Waals surface area (Å²) in [7, 11) is 1.74. The topological polar surface area (TPSA) is 21.3 Å². The molecular formula is C17H22BrNOS. The number of rotatable bonds is 8. The molecule has 1 atom stereocenters. The molecule has 0 bridgehead atoms. The SMILES string of the molecule is CCCNC(Cc1ccc(Br)s1)Cc1ccccc1OC. The Labute approximate surface area is 139 Å². The van der Waals surface area contributed by atoms with Crippen LogP contribution in [-0.2, 0) is 12.8 Å². The van der Waals surface area contributed by atoms with Crippen LogP contribution < -0.4 is 10.1 Å². The molecule has 2 rings (SSSR count). The van der Waals surface area contributed by atoms with Gasteiger partial charge in [0.1, 0.15) is 5.75 Å². The molecule has 1 unspecified atom stereocenters. The summed E-state index contributed by atoms with van der Waals surface area (Å²) in [6.45, 7) is 3.25. The van der Waals surface area contributed by atoms with E-state index in [2.05, 4.69) is 52.4 Å². The van der Waals surface area contributed by atoms with E-state index in [-0.39, 0.29) is 0 Å². The molecule has 0 aliphatic heterocycles. The van der Waals surface area contributed by atoms with Crippen molar-refractivity contribution < 1.29 is 4.74 Å². The lowest BCUT2D eigenvalue weighted by Crippen LogP contribution is -2.33. The molecule has 0 spiro atoms. The standard InChI is InChI=1S/C17H22BrNOS/c1-3-10-19-14(12-15-8-9-17(18)21-15)11-13-6-4-5-7-16(13)20-2/h4-9,14,19H,3,10-12H2,1-2H3. The highest BCUT2D eigenvalue weighted by Gasteiger charge is 2.13. The van der Waals surface area contributed by atoms with Crippen LogP contribution in [0.1, 0.15) is 23.8 Å². The lowest BCUT2D eigenvalue weighted by Gasteiger charge is -2.19. The Morgan fingerprint density at radius 2 is 2.00 bits per heavy atom. The van der Waals surface area contributed by atoms with Crippen LogP contribution in [0.15, 0.2) is 40.2 Å². The predicted molar refractivity (Wildman–Crippen MR) is 94.5 cm³/mol. The van der Waals surface area contributed by atoms with E-state index in [1.807, 2.05) is 23.5 Å². The van der Waals surface area contributed by atoms with Gasteiger partial charge in [0, 0.05) is 10.9 Å². The van der Waals surface area contributed by atoms with Gasteiger partial charge in [-0.05, 0) is 65.5 Å². The second-order valence-corrected chi connectivity index (χ2v) is 7.62. The van der Waals surface area contributed by atoms with Crippen molar-refractivity contribution in [3.63, 3.8) is 0 Å². The largest absolute Gasteiger partial charge is 0.496 e. The first-order chi connectivity index (χ1) is 10.2. The molecule has 0 aliphatic carbocycles. The summed E-state index contributed by atoms with van der Waals surface area (Å²) in [5.74, 6) is 0.980. The maximum absolute atomic E-state index is 5.47. The second-order valence-electron chi connectivity index (χ2n) is 5.08. The zero-order valence-corrected chi connectivity index (χ0v) is 15.0. The highest BCUT2D eigenvalue weighted by Crippen LogP contribution is 2.25. The van der Waals surface area contributed by atoms with Crippen molar-refractivity contribution in [2.45, 2.75) is 32.2 Å². The van der Waals surface area contributed by atoms with Gasteiger partial charge in [-0.2, -0.15) is 0 Å². The van der Waals surface area contributed by atoms with Crippen molar-refractivity contribution in [2.75, 3.05) is 13.7 Å². The Bertz CT molecular complexity index is 555. The van der Waals surface area contributed by atoms with Gasteiger partial charge in [0.2, 0.25) is 0 Å². The van der Waals surface area contributed by atoms with Crippen molar-refractivity contribution in [2.24, 2.45) is 0 Å². The minimum absolute atomic E-state index is 0.437. The molecule has 114 valence electrons. The predicted octanol–water partition coefficient (Wildman–Crippen LogP) is 4.67. The number of halogens is 1. The smallest absolute Gasteiger partial charge is 0.122 e. The van der Waals surface area contributed by atoms with Crippen LogP contribution in [0.4, 0.5) is 0 Å². The minimum Gasteiger partial charge on any atom is -0.496 e. The quantitative estimate of drug-likeness (QED) is 0.731. The lowest BCUT2D eigenvalue weighted by molar-refractivity contribution is 0.404. The first-order valence-corrected chi connectivity index (χ1v) is 8.93. The molecule has 2 aromatic rings. The van der Waals surface area contributed by atoms with Crippen LogP contribution in [-0.4, -0.2) is 19.7 Å². The third-order valence-corrected chi connectivity index (χ3v) is 5.06. The molecule has 0 radical (unpaired) electrons. The zero-order chi connectivity index (χ0) is 15.1. The summed E-state index contributed by atoms with van der Waals surface area (Å²) in [6, 6.07) is 13.1. The van der Waals surface area contributed by atoms with E-state index in [0.717, 1.165) is 31.6 Å². The third-order valence-electron chi connectivity index (χ3n) is 3.42. The zero-order valence-electron chi connectivity index (χ0n) is 12.6. The molecule has 2 nitrogen and oxygen atoms in total. The van der Waals surface area contributed by atoms with Crippen molar-refractivity contribution in [1.82, 2.24) is 5.32 Å². The third kappa shape index (κ3) is 5.13. The van der Waals surface area contributed by atoms with Gasteiger partial charge in [-0.25, -0.2) is 0 Å². The number of ether oxygens (including phenoxy) is 1. The molecule has 0 saturated carbocycles. The maximum Gasteiger partial charge on any atom is 0.122 e. The highest BCUT2D eigenvalue weighted by atomic mass is 79.9. The van der Waals surface area contributed by atoms with Crippen LogP contribution in [0, 0.1) is 0 Å². The maximum atomic E-state index is 5.47. The Hall–Kier alpha value is -0.840. The molecule has 0 aliphatic rings. The number of para-hydroxylation sites is 1. The fourth-order valence-corrected chi connectivity index (χ4v) is 3.97. The van der Waals surface area contributed by atoms with Gasteiger partial charge in [-0.15, -0.1) is 11.3 Å². The summed E-state index contributed by atoms with van der Waals surface area (Å²) < 4.78 is 6.67. The number of methoxy groups -OCH3 is 1. The number of benzene rings is 1. The van der Waals surface area contributed by atoms with E-state index in [9.17, 15) is 0 Å². The van der Waals surface area contributed by atoms with Gasteiger partial charge in [-0.3, -0.25) is 0 Å². The van der Waals surface area contributed by atoms with Crippen molar-refractivity contribution >= 4 is 27.3 Å². The summed E-state index contributed by atoms with van der Waals surface area (Å²) in [5.41, 5.74) is 1.27. The van der Waals surface area contributed by atoms with Crippen LogP contribution in [0.3, 0.4) is 0 Å². The van der Waals surface area contributed by atoms with Gasteiger partial charge in [-0.1, -0.05) is 25.1 Å². The Morgan fingerprint density at radius 1 is 1.19 bits per heavy atom. The van der Waals surface area contributed by atoms with E-state index in [1.165, 1.54) is 14.2 Å².